The smallest absolute Gasteiger partial charge is 0.145 e. The van der Waals surface area contributed by atoms with Crippen LogP contribution in [-0.2, 0) is 0 Å². The van der Waals surface area contributed by atoms with Crippen LogP contribution < -0.4 is 5.32 Å². The van der Waals surface area contributed by atoms with Gasteiger partial charge in [0.2, 0.25) is 0 Å². The molecule has 0 unspecified atom stereocenters. The maximum atomic E-state index is 4.32. The van der Waals surface area contributed by atoms with Gasteiger partial charge in [0.05, 0.1) is 12.4 Å². The summed E-state index contributed by atoms with van der Waals surface area (Å²) in [5.41, 5.74) is 0. The Morgan fingerprint density at radius 1 is 1.50 bits per heavy atom. The number of hydrogen-bond donors (Lipinski definition) is 1. The van der Waals surface area contributed by atoms with Crippen LogP contribution in [0, 0.1) is 0 Å². The number of anilines is 1. The standard InChI is InChI=1S/C8H13N3S/c1-3-4-12-8-6-10-5-7(9-2)11-8/h5-6H,3-4H2,1-2H3,(H,9,11). The van der Waals surface area contributed by atoms with Gasteiger partial charge in [-0.2, -0.15) is 0 Å². The molecule has 1 rings (SSSR count). The topological polar surface area (TPSA) is 37.8 Å². The van der Waals surface area contributed by atoms with Crippen LogP contribution in [0.3, 0.4) is 0 Å². The van der Waals surface area contributed by atoms with Gasteiger partial charge in [-0.1, -0.05) is 6.92 Å². The fourth-order valence-corrected chi connectivity index (χ4v) is 1.46. The van der Waals surface area contributed by atoms with Gasteiger partial charge in [-0.25, -0.2) is 4.98 Å². The minimum absolute atomic E-state index is 0.830. The maximum Gasteiger partial charge on any atom is 0.145 e. The number of thioether (sulfide) groups is 1. The Labute approximate surface area is 77.0 Å². The molecule has 0 aromatic carbocycles. The third kappa shape index (κ3) is 2.70. The van der Waals surface area contributed by atoms with Crippen LogP contribution >= 0.6 is 11.8 Å². The first kappa shape index (κ1) is 9.32. The molecule has 0 saturated heterocycles. The van der Waals surface area contributed by atoms with Crippen molar-refractivity contribution in [3.05, 3.63) is 12.4 Å². The zero-order valence-corrected chi connectivity index (χ0v) is 8.19. The van der Waals surface area contributed by atoms with Gasteiger partial charge in [-0.3, -0.25) is 4.98 Å². The summed E-state index contributed by atoms with van der Waals surface area (Å²) in [7, 11) is 1.85. The molecule has 1 aromatic heterocycles. The minimum atomic E-state index is 0.830. The van der Waals surface area contributed by atoms with Crippen molar-refractivity contribution in [3.8, 4) is 0 Å². The van der Waals surface area contributed by atoms with E-state index in [0.717, 1.165) is 23.0 Å². The van der Waals surface area contributed by atoms with Crippen molar-refractivity contribution in [2.75, 3.05) is 18.1 Å². The first-order chi connectivity index (χ1) is 5.86. The first-order valence-corrected chi connectivity index (χ1v) is 4.98. The highest BCUT2D eigenvalue weighted by Gasteiger charge is 1.96. The molecular formula is C8H13N3S. The quantitative estimate of drug-likeness (QED) is 0.725. The molecule has 0 aliphatic heterocycles. The molecule has 66 valence electrons. The highest BCUT2D eigenvalue weighted by Crippen LogP contribution is 2.15. The lowest BCUT2D eigenvalue weighted by Gasteiger charge is -2.00. The Hall–Kier alpha value is -0.770. The Morgan fingerprint density at radius 2 is 2.33 bits per heavy atom. The lowest BCUT2D eigenvalue weighted by Crippen LogP contribution is -1.94. The van der Waals surface area contributed by atoms with Gasteiger partial charge >= 0.3 is 0 Å². The van der Waals surface area contributed by atoms with Crippen molar-refractivity contribution >= 4 is 17.6 Å². The third-order valence-electron chi connectivity index (χ3n) is 1.32. The van der Waals surface area contributed by atoms with Gasteiger partial charge in [0.25, 0.3) is 0 Å². The van der Waals surface area contributed by atoms with E-state index in [9.17, 15) is 0 Å². The molecule has 0 atom stereocenters. The zero-order valence-electron chi connectivity index (χ0n) is 7.37. The average molecular weight is 183 g/mol. The maximum absolute atomic E-state index is 4.32. The van der Waals surface area contributed by atoms with Crippen molar-refractivity contribution in [3.63, 3.8) is 0 Å². The van der Waals surface area contributed by atoms with E-state index in [2.05, 4.69) is 22.2 Å². The molecule has 0 spiro atoms. The minimum Gasteiger partial charge on any atom is -0.372 e. The Balaban J connectivity index is 2.60. The molecular weight excluding hydrogens is 170 g/mol. The molecule has 1 heterocycles. The van der Waals surface area contributed by atoms with E-state index in [1.165, 1.54) is 0 Å². The lowest BCUT2D eigenvalue weighted by atomic mass is 10.6. The average Bonchev–Trinajstić information content (AvgIpc) is 2.15. The molecule has 0 amide bonds. The number of hydrogen-bond acceptors (Lipinski definition) is 4. The molecule has 0 radical (unpaired) electrons. The van der Waals surface area contributed by atoms with Crippen LogP contribution in [0.15, 0.2) is 17.4 Å². The van der Waals surface area contributed by atoms with Crippen molar-refractivity contribution in [1.82, 2.24) is 9.97 Å². The van der Waals surface area contributed by atoms with E-state index in [4.69, 9.17) is 0 Å². The molecule has 1 N–H and O–H groups in total. The molecule has 0 bridgehead atoms. The second-order valence-corrected chi connectivity index (χ2v) is 3.46. The van der Waals surface area contributed by atoms with Gasteiger partial charge in [0.1, 0.15) is 10.8 Å². The molecule has 4 heteroatoms. The van der Waals surface area contributed by atoms with Crippen molar-refractivity contribution < 1.29 is 0 Å². The molecule has 0 saturated carbocycles. The van der Waals surface area contributed by atoms with Gasteiger partial charge in [-0.05, 0) is 12.2 Å². The summed E-state index contributed by atoms with van der Waals surface area (Å²) in [6.45, 7) is 2.16. The predicted octanol–water partition coefficient (Wildman–Crippen LogP) is 2.02. The number of nitrogens with zero attached hydrogens (tertiary/aromatic N) is 2. The monoisotopic (exact) mass is 183 g/mol. The van der Waals surface area contributed by atoms with Crippen LogP contribution in [-0.4, -0.2) is 22.8 Å². The van der Waals surface area contributed by atoms with Crippen LogP contribution in [0.4, 0.5) is 5.82 Å². The summed E-state index contributed by atoms with van der Waals surface area (Å²) in [5, 5.41) is 3.95. The highest BCUT2D eigenvalue weighted by molar-refractivity contribution is 7.99. The van der Waals surface area contributed by atoms with E-state index in [0.29, 0.717) is 0 Å². The van der Waals surface area contributed by atoms with Gasteiger partial charge < -0.3 is 5.32 Å². The van der Waals surface area contributed by atoms with E-state index >= 15 is 0 Å². The van der Waals surface area contributed by atoms with Crippen molar-refractivity contribution in [2.24, 2.45) is 0 Å². The molecule has 3 nitrogen and oxygen atoms in total. The Kier molecular flexibility index (Phi) is 3.87. The summed E-state index contributed by atoms with van der Waals surface area (Å²) in [6, 6.07) is 0. The van der Waals surface area contributed by atoms with Gasteiger partial charge in [-0.15, -0.1) is 11.8 Å². The second-order valence-electron chi connectivity index (χ2n) is 2.34. The molecule has 0 fully saturated rings. The Morgan fingerprint density at radius 3 is 3.00 bits per heavy atom. The largest absolute Gasteiger partial charge is 0.372 e. The summed E-state index contributed by atoms with van der Waals surface area (Å²) in [5.74, 6) is 1.93. The fraction of sp³-hybridized carbons (Fsp3) is 0.500. The number of nitrogens with one attached hydrogen (secondary N) is 1. The van der Waals surface area contributed by atoms with E-state index in [1.54, 1.807) is 24.2 Å². The number of aromatic nitrogens is 2. The van der Waals surface area contributed by atoms with E-state index < -0.39 is 0 Å². The van der Waals surface area contributed by atoms with Crippen LogP contribution in [0.1, 0.15) is 13.3 Å². The zero-order chi connectivity index (χ0) is 8.81. The molecule has 0 aliphatic rings. The first-order valence-electron chi connectivity index (χ1n) is 3.99. The highest BCUT2D eigenvalue weighted by atomic mass is 32.2. The summed E-state index contributed by atoms with van der Waals surface area (Å²) in [6.07, 6.45) is 4.67. The van der Waals surface area contributed by atoms with Crippen molar-refractivity contribution in [2.45, 2.75) is 18.4 Å². The van der Waals surface area contributed by atoms with Gasteiger partial charge in [0, 0.05) is 7.05 Å². The summed E-state index contributed by atoms with van der Waals surface area (Å²) >= 11 is 1.74. The predicted molar refractivity (Wildman–Crippen MR) is 52.6 cm³/mol. The third-order valence-corrected chi connectivity index (χ3v) is 2.43. The molecule has 12 heavy (non-hydrogen) atoms. The molecule has 0 aliphatic carbocycles. The lowest BCUT2D eigenvalue weighted by molar-refractivity contribution is 1.04. The van der Waals surface area contributed by atoms with Crippen molar-refractivity contribution in [1.29, 1.82) is 0 Å². The van der Waals surface area contributed by atoms with Gasteiger partial charge in [0.15, 0.2) is 0 Å². The van der Waals surface area contributed by atoms with E-state index in [1.807, 2.05) is 7.05 Å². The normalized spacial score (nSPS) is 9.83. The van der Waals surface area contributed by atoms with E-state index in [-0.39, 0.29) is 0 Å². The van der Waals surface area contributed by atoms with Crippen LogP contribution in [0.2, 0.25) is 0 Å². The number of rotatable bonds is 4. The van der Waals surface area contributed by atoms with Crippen LogP contribution in [0.25, 0.3) is 0 Å². The Bertz CT molecular complexity index is 239. The fourth-order valence-electron chi connectivity index (χ4n) is 0.745. The SMILES string of the molecule is CCCSc1cncc(NC)n1. The summed E-state index contributed by atoms with van der Waals surface area (Å²) in [4.78, 5) is 8.38. The van der Waals surface area contributed by atoms with Crippen LogP contribution in [0.5, 0.6) is 0 Å². The summed E-state index contributed by atoms with van der Waals surface area (Å²) < 4.78 is 0. The molecule has 1 aromatic rings. The second kappa shape index (κ2) is 4.98.